The Hall–Kier alpha value is -0.620. The lowest BCUT2D eigenvalue weighted by Gasteiger charge is -2.05. The molecule has 12 heavy (non-hydrogen) atoms. The maximum absolute atomic E-state index is 10.8. The van der Waals surface area contributed by atoms with E-state index in [1.54, 1.807) is 0 Å². The second kappa shape index (κ2) is 5.96. The van der Waals surface area contributed by atoms with E-state index in [4.69, 9.17) is 10.8 Å². The highest BCUT2D eigenvalue weighted by atomic mass is 79.9. The molecule has 0 radical (unpaired) electrons. The largest absolute Gasteiger partial charge is 0.392 e. The Morgan fingerprint density at radius 2 is 2.17 bits per heavy atom. The summed E-state index contributed by atoms with van der Waals surface area (Å²) in [6, 6.07) is 0. The Kier molecular flexibility index (Phi) is 5.65. The molecule has 0 aliphatic rings. The van der Waals surface area contributed by atoms with Crippen molar-refractivity contribution >= 4 is 27.7 Å². The number of nitrogens with one attached hydrogen (secondary N) is 1. The number of aliphatic hydroxyl groups excluding tert-OH is 1. The summed E-state index contributed by atoms with van der Waals surface area (Å²) in [6.07, 6.45) is -0.753. The van der Waals surface area contributed by atoms with Crippen molar-refractivity contribution in [1.29, 1.82) is 0 Å². The fraction of sp³-hybridized carbons (Fsp3) is 0.667. The Morgan fingerprint density at radius 3 is 2.58 bits per heavy atom. The van der Waals surface area contributed by atoms with Gasteiger partial charge in [0.1, 0.15) is 0 Å². The Labute approximate surface area is 78.4 Å². The first kappa shape index (κ1) is 11.4. The SMILES string of the molecule is NC(=O)CNC(=O)CC(O)CBr. The molecule has 1 atom stereocenters. The maximum atomic E-state index is 10.8. The average molecular weight is 239 g/mol. The highest BCUT2D eigenvalue weighted by Gasteiger charge is 2.08. The zero-order valence-electron chi connectivity index (χ0n) is 6.42. The lowest BCUT2D eigenvalue weighted by atomic mass is 10.3. The van der Waals surface area contributed by atoms with Crippen LogP contribution in [0.15, 0.2) is 0 Å². The van der Waals surface area contributed by atoms with Gasteiger partial charge in [0.2, 0.25) is 11.8 Å². The van der Waals surface area contributed by atoms with Gasteiger partial charge in [-0.15, -0.1) is 0 Å². The number of halogens is 1. The summed E-state index contributed by atoms with van der Waals surface area (Å²) in [5, 5.41) is 11.6. The zero-order chi connectivity index (χ0) is 9.56. The third-order valence-electron chi connectivity index (χ3n) is 1.06. The van der Waals surface area contributed by atoms with E-state index in [1.807, 2.05) is 0 Å². The number of carbonyl (C=O) groups excluding carboxylic acids is 2. The molecule has 0 saturated carbocycles. The van der Waals surface area contributed by atoms with Gasteiger partial charge in [-0.1, -0.05) is 15.9 Å². The Bertz CT molecular complexity index is 174. The molecule has 1 unspecified atom stereocenters. The Morgan fingerprint density at radius 1 is 1.58 bits per heavy atom. The van der Waals surface area contributed by atoms with E-state index in [0.717, 1.165) is 0 Å². The predicted molar refractivity (Wildman–Crippen MR) is 46.6 cm³/mol. The summed E-state index contributed by atoms with van der Waals surface area (Å²) >= 11 is 3.00. The van der Waals surface area contributed by atoms with Crippen LogP contribution >= 0.6 is 15.9 Å². The number of hydrogen-bond acceptors (Lipinski definition) is 3. The number of alkyl halides is 1. The molecular formula is C6H11BrN2O3. The van der Waals surface area contributed by atoms with Crippen molar-refractivity contribution in [2.75, 3.05) is 11.9 Å². The fourth-order valence-electron chi connectivity index (χ4n) is 0.526. The number of amides is 2. The number of aliphatic hydroxyl groups is 1. The summed E-state index contributed by atoms with van der Waals surface area (Å²) < 4.78 is 0. The number of primary amides is 1. The topological polar surface area (TPSA) is 92.4 Å². The second-order valence-corrected chi connectivity index (χ2v) is 2.90. The van der Waals surface area contributed by atoms with Crippen molar-refractivity contribution < 1.29 is 14.7 Å². The first-order valence-corrected chi connectivity index (χ1v) is 4.47. The molecule has 0 fully saturated rings. The predicted octanol–water partition coefficient (Wildman–Crippen LogP) is -1.27. The molecule has 0 aliphatic heterocycles. The van der Waals surface area contributed by atoms with Crippen molar-refractivity contribution in [3.63, 3.8) is 0 Å². The van der Waals surface area contributed by atoms with Gasteiger partial charge in [0.25, 0.3) is 0 Å². The van der Waals surface area contributed by atoms with E-state index >= 15 is 0 Å². The molecule has 0 aromatic heterocycles. The third-order valence-corrected chi connectivity index (χ3v) is 1.81. The molecule has 2 amide bonds. The molecular weight excluding hydrogens is 228 g/mol. The summed E-state index contributed by atoms with van der Waals surface area (Å²) in [7, 11) is 0. The van der Waals surface area contributed by atoms with Crippen molar-refractivity contribution in [2.45, 2.75) is 12.5 Å². The minimum Gasteiger partial charge on any atom is -0.392 e. The molecule has 0 saturated heterocycles. The van der Waals surface area contributed by atoms with Crippen LogP contribution in [0.3, 0.4) is 0 Å². The summed E-state index contributed by atoms with van der Waals surface area (Å²) in [5.41, 5.74) is 4.78. The van der Waals surface area contributed by atoms with Gasteiger partial charge in [0, 0.05) is 5.33 Å². The molecule has 0 aliphatic carbocycles. The number of rotatable bonds is 5. The molecule has 0 aromatic rings. The molecule has 0 spiro atoms. The molecule has 0 rings (SSSR count). The molecule has 5 nitrogen and oxygen atoms in total. The van der Waals surface area contributed by atoms with Gasteiger partial charge in [0.15, 0.2) is 0 Å². The van der Waals surface area contributed by atoms with Gasteiger partial charge in [-0.3, -0.25) is 9.59 Å². The molecule has 0 heterocycles. The van der Waals surface area contributed by atoms with Crippen LogP contribution in [-0.2, 0) is 9.59 Å². The van der Waals surface area contributed by atoms with E-state index < -0.39 is 12.0 Å². The number of carbonyl (C=O) groups is 2. The van der Waals surface area contributed by atoms with Crippen LogP contribution in [0, 0.1) is 0 Å². The molecule has 70 valence electrons. The smallest absolute Gasteiger partial charge is 0.236 e. The molecule has 4 N–H and O–H groups in total. The summed E-state index contributed by atoms with van der Waals surface area (Å²) in [6.45, 7) is -0.187. The highest BCUT2D eigenvalue weighted by molar-refractivity contribution is 9.09. The third kappa shape index (κ3) is 6.11. The number of hydrogen-bond donors (Lipinski definition) is 3. The van der Waals surface area contributed by atoms with Gasteiger partial charge < -0.3 is 16.2 Å². The Balaban J connectivity index is 3.53. The van der Waals surface area contributed by atoms with E-state index in [1.165, 1.54) is 0 Å². The lowest BCUT2D eigenvalue weighted by Crippen LogP contribution is -2.35. The quantitative estimate of drug-likeness (QED) is 0.522. The number of nitrogens with two attached hydrogens (primary N) is 1. The van der Waals surface area contributed by atoms with Crippen LogP contribution in [0.5, 0.6) is 0 Å². The van der Waals surface area contributed by atoms with Crippen molar-refractivity contribution in [2.24, 2.45) is 5.73 Å². The standard InChI is InChI=1S/C6H11BrN2O3/c7-2-4(10)1-6(12)9-3-5(8)11/h4,10H,1-3H2,(H2,8,11)(H,9,12). The van der Waals surface area contributed by atoms with Gasteiger partial charge in [0.05, 0.1) is 19.1 Å². The first-order chi connectivity index (χ1) is 5.56. The van der Waals surface area contributed by atoms with Crippen LogP contribution in [0.2, 0.25) is 0 Å². The summed E-state index contributed by atoms with van der Waals surface area (Å²) in [5.74, 6) is -0.988. The van der Waals surface area contributed by atoms with E-state index in [2.05, 4.69) is 21.2 Å². The van der Waals surface area contributed by atoms with Crippen LogP contribution in [0.4, 0.5) is 0 Å². The lowest BCUT2D eigenvalue weighted by molar-refractivity contribution is -0.125. The fourth-order valence-corrected chi connectivity index (χ4v) is 0.755. The van der Waals surface area contributed by atoms with Crippen LogP contribution < -0.4 is 11.1 Å². The zero-order valence-corrected chi connectivity index (χ0v) is 8.00. The van der Waals surface area contributed by atoms with Crippen LogP contribution in [0.25, 0.3) is 0 Å². The minimum atomic E-state index is -0.724. The molecule has 6 heteroatoms. The van der Waals surface area contributed by atoms with Crippen LogP contribution in [0.1, 0.15) is 6.42 Å². The average Bonchev–Trinajstić information content (AvgIpc) is 2.00. The molecule has 0 bridgehead atoms. The van der Waals surface area contributed by atoms with Crippen molar-refractivity contribution in [1.82, 2.24) is 5.32 Å². The van der Waals surface area contributed by atoms with Crippen molar-refractivity contribution in [3.05, 3.63) is 0 Å². The maximum Gasteiger partial charge on any atom is 0.236 e. The first-order valence-electron chi connectivity index (χ1n) is 3.35. The summed E-state index contributed by atoms with van der Waals surface area (Å²) in [4.78, 5) is 21.0. The highest BCUT2D eigenvalue weighted by Crippen LogP contribution is 1.95. The van der Waals surface area contributed by atoms with Gasteiger partial charge >= 0.3 is 0 Å². The second-order valence-electron chi connectivity index (χ2n) is 2.26. The monoisotopic (exact) mass is 238 g/mol. The van der Waals surface area contributed by atoms with E-state index in [9.17, 15) is 9.59 Å². The van der Waals surface area contributed by atoms with E-state index in [-0.39, 0.29) is 18.9 Å². The minimum absolute atomic E-state index is 0.0292. The van der Waals surface area contributed by atoms with Gasteiger partial charge in [-0.05, 0) is 0 Å². The van der Waals surface area contributed by atoms with Crippen molar-refractivity contribution in [3.8, 4) is 0 Å². The van der Waals surface area contributed by atoms with Gasteiger partial charge in [-0.25, -0.2) is 0 Å². The van der Waals surface area contributed by atoms with Gasteiger partial charge in [-0.2, -0.15) is 0 Å². The normalized spacial score (nSPS) is 12.2. The van der Waals surface area contributed by atoms with Crippen LogP contribution in [-0.4, -0.2) is 34.9 Å². The van der Waals surface area contributed by atoms with E-state index in [0.29, 0.717) is 5.33 Å². The molecule has 0 aromatic carbocycles.